The highest BCUT2D eigenvalue weighted by atomic mass is 16.6. The van der Waals surface area contributed by atoms with E-state index >= 15 is 0 Å². The molecule has 1 aromatic rings. The van der Waals surface area contributed by atoms with Gasteiger partial charge in [0.2, 0.25) is 0 Å². The van der Waals surface area contributed by atoms with Gasteiger partial charge in [-0.1, -0.05) is 30.3 Å². The highest BCUT2D eigenvalue weighted by Crippen LogP contribution is 2.56. The first kappa shape index (κ1) is 9.69. The summed E-state index contributed by atoms with van der Waals surface area (Å²) in [5, 5.41) is 0. The van der Waals surface area contributed by atoms with E-state index in [1.165, 1.54) is 18.4 Å². The minimum Gasteiger partial charge on any atom is -0.298 e. The Labute approximate surface area is 85.0 Å². The van der Waals surface area contributed by atoms with E-state index in [1.54, 1.807) is 0 Å². The van der Waals surface area contributed by atoms with Crippen LogP contribution in [0, 0.1) is 0 Å². The van der Waals surface area contributed by atoms with E-state index in [2.05, 4.69) is 38.1 Å². The first-order valence-electron chi connectivity index (χ1n) is 5.06. The predicted molar refractivity (Wildman–Crippen MR) is 56.7 cm³/mol. The molecule has 0 spiro atoms. The summed E-state index contributed by atoms with van der Waals surface area (Å²) in [6, 6.07) is 10.5. The van der Waals surface area contributed by atoms with Crippen LogP contribution in [0.4, 0.5) is 0 Å². The maximum absolute atomic E-state index is 5.37. The van der Waals surface area contributed by atoms with Gasteiger partial charge < -0.3 is 0 Å². The normalized spacial score (nSPS) is 19.4. The first-order valence-corrected chi connectivity index (χ1v) is 5.06. The average molecular weight is 191 g/mol. The molecule has 1 aliphatic rings. The van der Waals surface area contributed by atoms with Gasteiger partial charge in [-0.15, -0.1) is 0 Å². The Morgan fingerprint density at radius 2 is 1.79 bits per heavy atom. The third kappa shape index (κ3) is 1.26. The monoisotopic (exact) mass is 191 g/mol. The van der Waals surface area contributed by atoms with Crippen molar-refractivity contribution in [2.24, 2.45) is 5.90 Å². The van der Waals surface area contributed by atoms with E-state index in [-0.39, 0.29) is 11.0 Å². The third-order valence-corrected chi connectivity index (χ3v) is 3.52. The van der Waals surface area contributed by atoms with E-state index in [1.807, 2.05) is 6.07 Å². The summed E-state index contributed by atoms with van der Waals surface area (Å²) in [4.78, 5) is 5.12. The molecule has 1 aliphatic carbocycles. The molecule has 1 fully saturated rings. The van der Waals surface area contributed by atoms with Gasteiger partial charge in [0.15, 0.2) is 0 Å². The molecule has 0 saturated heterocycles. The van der Waals surface area contributed by atoms with Crippen molar-refractivity contribution in [1.29, 1.82) is 0 Å². The quantitative estimate of drug-likeness (QED) is 0.744. The van der Waals surface area contributed by atoms with Gasteiger partial charge in [0.1, 0.15) is 0 Å². The van der Waals surface area contributed by atoms with E-state index in [9.17, 15) is 0 Å². The van der Waals surface area contributed by atoms with Crippen LogP contribution < -0.4 is 5.90 Å². The zero-order chi connectivity index (χ0) is 10.2. The molecular weight excluding hydrogens is 174 g/mol. The van der Waals surface area contributed by atoms with Crippen molar-refractivity contribution in [3.63, 3.8) is 0 Å². The topological polar surface area (TPSA) is 35.2 Å². The van der Waals surface area contributed by atoms with Gasteiger partial charge >= 0.3 is 0 Å². The number of rotatable bonds is 3. The lowest BCUT2D eigenvalue weighted by atomic mass is 9.81. The van der Waals surface area contributed by atoms with Crippen LogP contribution in [0.3, 0.4) is 0 Å². The Bertz CT molecular complexity index is 314. The van der Waals surface area contributed by atoms with Crippen LogP contribution >= 0.6 is 0 Å². The molecule has 2 heteroatoms. The molecule has 0 atom stereocenters. The van der Waals surface area contributed by atoms with Crippen molar-refractivity contribution < 1.29 is 4.84 Å². The van der Waals surface area contributed by atoms with E-state index < -0.39 is 0 Å². The van der Waals surface area contributed by atoms with Gasteiger partial charge in [-0.05, 0) is 32.3 Å². The lowest BCUT2D eigenvalue weighted by Crippen LogP contribution is -2.41. The van der Waals surface area contributed by atoms with Crippen molar-refractivity contribution in [3.05, 3.63) is 35.9 Å². The van der Waals surface area contributed by atoms with E-state index in [0.29, 0.717) is 0 Å². The zero-order valence-corrected chi connectivity index (χ0v) is 8.79. The summed E-state index contributed by atoms with van der Waals surface area (Å²) >= 11 is 0. The van der Waals surface area contributed by atoms with Gasteiger partial charge in [0, 0.05) is 5.41 Å². The minimum atomic E-state index is -0.269. The summed E-state index contributed by atoms with van der Waals surface area (Å²) in [6.07, 6.45) is 2.34. The fourth-order valence-corrected chi connectivity index (χ4v) is 2.23. The molecule has 2 N–H and O–H groups in total. The van der Waals surface area contributed by atoms with E-state index in [4.69, 9.17) is 10.7 Å². The fourth-order valence-electron chi connectivity index (χ4n) is 2.23. The molecule has 0 unspecified atom stereocenters. The highest BCUT2D eigenvalue weighted by Gasteiger charge is 2.56. The van der Waals surface area contributed by atoms with E-state index in [0.717, 1.165) is 0 Å². The second-order valence-electron chi connectivity index (χ2n) is 4.58. The summed E-state index contributed by atoms with van der Waals surface area (Å²) in [5.74, 6) is 5.37. The molecule has 0 amide bonds. The van der Waals surface area contributed by atoms with Gasteiger partial charge in [-0.25, -0.2) is 5.90 Å². The average Bonchev–Trinajstić information content (AvgIpc) is 3.00. The summed E-state index contributed by atoms with van der Waals surface area (Å²) in [7, 11) is 0. The smallest absolute Gasteiger partial charge is 0.0933 e. The Morgan fingerprint density at radius 1 is 1.21 bits per heavy atom. The van der Waals surface area contributed by atoms with Crippen molar-refractivity contribution in [3.8, 4) is 0 Å². The molecular formula is C12H17NO. The molecule has 2 nitrogen and oxygen atoms in total. The van der Waals surface area contributed by atoms with Crippen molar-refractivity contribution in [1.82, 2.24) is 0 Å². The summed E-state index contributed by atoms with van der Waals surface area (Å²) < 4.78 is 0. The lowest BCUT2D eigenvalue weighted by Gasteiger charge is -2.32. The lowest BCUT2D eigenvalue weighted by molar-refractivity contribution is -0.0488. The van der Waals surface area contributed by atoms with Crippen LogP contribution in [0.1, 0.15) is 32.3 Å². The second-order valence-corrected chi connectivity index (χ2v) is 4.58. The molecule has 0 aliphatic heterocycles. The third-order valence-electron chi connectivity index (χ3n) is 3.52. The van der Waals surface area contributed by atoms with Crippen molar-refractivity contribution in [2.75, 3.05) is 0 Å². The van der Waals surface area contributed by atoms with Gasteiger partial charge in [-0.3, -0.25) is 4.84 Å². The summed E-state index contributed by atoms with van der Waals surface area (Å²) in [5.41, 5.74) is 1.22. The maximum atomic E-state index is 5.37. The molecule has 1 saturated carbocycles. The molecule has 2 rings (SSSR count). The molecule has 14 heavy (non-hydrogen) atoms. The van der Waals surface area contributed by atoms with Gasteiger partial charge in [0.25, 0.3) is 0 Å². The van der Waals surface area contributed by atoms with Crippen LogP contribution in [-0.4, -0.2) is 5.60 Å². The SMILES string of the molecule is CC(C)(ON)C1(c2ccccc2)CC1. The molecule has 0 bridgehead atoms. The predicted octanol–water partition coefficient (Wildman–Crippen LogP) is 2.39. The summed E-state index contributed by atoms with van der Waals surface area (Å²) in [6.45, 7) is 4.12. The molecule has 1 aromatic carbocycles. The Morgan fingerprint density at radius 3 is 2.21 bits per heavy atom. The Balaban J connectivity index is 2.35. The van der Waals surface area contributed by atoms with Crippen LogP contribution in [-0.2, 0) is 10.3 Å². The largest absolute Gasteiger partial charge is 0.298 e. The molecule has 0 aromatic heterocycles. The molecule has 0 heterocycles. The molecule has 76 valence electrons. The highest BCUT2D eigenvalue weighted by molar-refractivity contribution is 5.35. The second kappa shape index (κ2) is 3.07. The standard InChI is InChI=1S/C12H17NO/c1-11(2,14-13)12(8-9-12)10-6-4-3-5-7-10/h3-7H,8-9,13H2,1-2H3. The fraction of sp³-hybridized carbons (Fsp3) is 0.500. The van der Waals surface area contributed by atoms with Crippen LogP contribution in [0.15, 0.2) is 30.3 Å². The van der Waals surface area contributed by atoms with Crippen LogP contribution in [0.25, 0.3) is 0 Å². The number of hydrogen-bond donors (Lipinski definition) is 1. The van der Waals surface area contributed by atoms with Gasteiger partial charge in [0.05, 0.1) is 5.60 Å². The van der Waals surface area contributed by atoms with Crippen LogP contribution in [0.2, 0.25) is 0 Å². The van der Waals surface area contributed by atoms with Crippen LogP contribution in [0.5, 0.6) is 0 Å². The number of hydrogen-bond acceptors (Lipinski definition) is 2. The molecule has 0 radical (unpaired) electrons. The minimum absolute atomic E-state index is 0.142. The zero-order valence-electron chi connectivity index (χ0n) is 8.79. The Hall–Kier alpha value is -0.860. The first-order chi connectivity index (χ1) is 6.62. The van der Waals surface area contributed by atoms with Crippen molar-refractivity contribution in [2.45, 2.75) is 37.7 Å². The maximum Gasteiger partial charge on any atom is 0.0933 e. The van der Waals surface area contributed by atoms with Crippen molar-refractivity contribution >= 4 is 0 Å². The van der Waals surface area contributed by atoms with Gasteiger partial charge in [-0.2, -0.15) is 0 Å². The number of benzene rings is 1. The number of nitrogens with two attached hydrogens (primary N) is 1. The Kier molecular flexibility index (Phi) is 2.13.